The Morgan fingerprint density at radius 1 is 1.04 bits per heavy atom. The molecule has 0 aliphatic carbocycles. The largest absolute Gasteiger partial charge is 0.334 e. The number of nitrogens with one attached hydrogen (secondary N) is 1. The van der Waals surface area contributed by atoms with Gasteiger partial charge in [-0.25, -0.2) is 8.42 Å². The molecule has 0 aliphatic heterocycles. The number of aryl methyl sites for hydroxylation is 1. The zero-order valence-corrected chi connectivity index (χ0v) is 15.3. The molecular formula is C19H19N3O3S. The van der Waals surface area contributed by atoms with Crippen LogP contribution in [0.3, 0.4) is 0 Å². The summed E-state index contributed by atoms with van der Waals surface area (Å²) in [5, 5.41) is 3.96. The number of benzene rings is 2. The maximum absolute atomic E-state index is 11.6. The fraction of sp³-hybridized carbons (Fsp3) is 0.158. The predicted molar refractivity (Wildman–Crippen MR) is 103 cm³/mol. The third kappa shape index (κ3) is 4.58. The molecule has 1 aromatic heterocycles. The van der Waals surface area contributed by atoms with Gasteiger partial charge in [-0.2, -0.15) is 4.98 Å². The number of hydrogen-bond donors (Lipinski definition) is 1. The van der Waals surface area contributed by atoms with Crippen LogP contribution >= 0.6 is 0 Å². The topological polar surface area (TPSA) is 85.1 Å². The van der Waals surface area contributed by atoms with Gasteiger partial charge in [0, 0.05) is 17.3 Å². The van der Waals surface area contributed by atoms with Crippen molar-refractivity contribution in [2.75, 3.05) is 10.5 Å². The second-order valence-corrected chi connectivity index (χ2v) is 7.79. The Kier molecular flexibility index (Phi) is 5.18. The molecule has 0 saturated carbocycles. The molecule has 0 fully saturated rings. The van der Waals surface area contributed by atoms with E-state index in [0.29, 0.717) is 17.4 Å². The first kappa shape index (κ1) is 17.9. The lowest BCUT2D eigenvalue weighted by atomic mass is 10.1. The number of sulfonamides is 1. The Morgan fingerprint density at radius 3 is 2.38 bits per heavy atom. The van der Waals surface area contributed by atoms with Crippen molar-refractivity contribution in [3.63, 3.8) is 0 Å². The van der Waals surface area contributed by atoms with Crippen molar-refractivity contribution in [2.24, 2.45) is 0 Å². The van der Waals surface area contributed by atoms with Crippen molar-refractivity contribution >= 4 is 27.9 Å². The van der Waals surface area contributed by atoms with E-state index in [4.69, 9.17) is 4.52 Å². The molecule has 3 aromatic rings. The summed E-state index contributed by atoms with van der Waals surface area (Å²) in [6.07, 6.45) is 3.66. The number of aromatic nitrogens is 2. The standard InChI is InChI=1S/C19H19N3O3S/c1-3-26(23,24)22-17-11-9-16(10-12-17)19-20-18(25-21-19)13-8-15-6-4-14(2)5-7-15/h4-13,22H,3H2,1-2H3/b13-8+. The highest BCUT2D eigenvalue weighted by Gasteiger charge is 2.09. The summed E-state index contributed by atoms with van der Waals surface area (Å²) in [4.78, 5) is 4.33. The summed E-state index contributed by atoms with van der Waals surface area (Å²) in [6, 6.07) is 14.9. The molecule has 1 heterocycles. The van der Waals surface area contributed by atoms with Gasteiger partial charge in [0.15, 0.2) is 0 Å². The van der Waals surface area contributed by atoms with E-state index in [1.165, 1.54) is 5.56 Å². The van der Waals surface area contributed by atoms with Crippen LogP contribution < -0.4 is 4.72 Å². The summed E-state index contributed by atoms with van der Waals surface area (Å²) in [6.45, 7) is 3.62. The molecule has 7 heteroatoms. The Bertz CT molecular complexity index is 1000. The van der Waals surface area contributed by atoms with Crippen LogP contribution in [-0.2, 0) is 10.0 Å². The number of nitrogens with zero attached hydrogens (tertiary/aromatic N) is 2. The molecule has 1 N–H and O–H groups in total. The summed E-state index contributed by atoms with van der Waals surface area (Å²) < 4.78 is 30.9. The van der Waals surface area contributed by atoms with Crippen molar-refractivity contribution in [3.8, 4) is 11.4 Å². The normalized spacial score (nSPS) is 11.8. The van der Waals surface area contributed by atoms with Crippen molar-refractivity contribution in [2.45, 2.75) is 13.8 Å². The molecule has 0 atom stereocenters. The van der Waals surface area contributed by atoms with Crippen LogP contribution in [0, 0.1) is 6.92 Å². The van der Waals surface area contributed by atoms with Gasteiger partial charge >= 0.3 is 0 Å². The van der Waals surface area contributed by atoms with Gasteiger partial charge in [0.25, 0.3) is 5.89 Å². The van der Waals surface area contributed by atoms with Crippen molar-refractivity contribution in [1.82, 2.24) is 10.1 Å². The third-order valence-electron chi connectivity index (χ3n) is 3.73. The molecule has 26 heavy (non-hydrogen) atoms. The zero-order valence-electron chi connectivity index (χ0n) is 14.5. The van der Waals surface area contributed by atoms with Crippen LogP contribution in [0.5, 0.6) is 0 Å². The summed E-state index contributed by atoms with van der Waals surface area (Å²) >= 11 is 0. The van der Waals surface area contributed by atoms with Crippen LogP contribution in [0.15, 0.2) is 53.1 Å². The Morgan fingerprint density at radius 2 is 1.73 bits per heavy atom. The third-order valence-corrected chi connectivity index (χ3v) is 5.04. The van der Waals surface area contributed by atoms with Gasteiger partial charge < -0.3 is 4.52 Å². The number of hydrogen-bond acceptors (Lipinski definition) is 5. The van der Waals surface area contributed by atoms with E-state index >= 15 is 0 Å². The summed E-state index contributed by atoms with van der Waals surface area (Å²) in [5.74, 6) is 0.866. The molecule has 0 aliphatic rings. The Labute approximate surface area is 152 Å². The highest BCUT2D eigenvalue weighted by Crippen LogP contribution is 2.20. The van der Waals surface area contributed by atoms with E-state index < -0.39 is 10.0 Å². The number of rotatable bonds is 6. The van der Waals surface area contributed by atoms with Crippen molar-refractivity contribution < 1.29 is 12.9 Å². The molecule has 0 radical (unpaired) electrons. The lowest BCUT2D eigenvalue weighted by molar-refractivity contribution is 0.411. The van der Waals surface area contributed by atoms with Gasteiger partial charge in [-0.15, -0.1) is 0 Å². The zero-order chi connectivity index (χ0) is 18.6. The van der Waals surface area contributed by atoms with Crippen LogP contribution in [0.2, 0.25) is 0 Å². The molecule has 0 amide bonds. The molecule has 2 aromatic carbocycles. The first-order valence-electron chi connectivity index (χ1n) is 8.14. The fourth-order valence-electron chi connectivity index (χ4n) is 2.20. The maximum atomic E-state index is 11.6. The first-order chi connectivity index (χ1) is 12.4. The molecule has 0 unspecified atom stereocenters. The smallest absolute Gasteiger partial charge is 0.250 e. The minimum atomic E-state index is -3.29. The highest BCUT2D eigenvalue weighted by atomic mass is 32.2. The second-order valence-electron chi connectivity index (χ2n) is 5.78. The van der Waals surface area contributed by atoms with Crippen molar-refractivity contribution in [1.29, 1.82) is 0 Å². The van der Waals surface area contributed by atoms with Crippen LogP contribution in [0.4, 0.5) is 5.69 Å². The van der Waals surface area contributed by atoms with E-state index in [0.717, 1.165) is 11.1 Å². The minimum absolute atomic E-state index is 0.0241. The average Bonchev–Trinajstić information content (AvgIpc) is 3.11. The first-order valence-corrected chi connectivity index (χ1v) is 9.80. The lowest BCUT2D eigenvalue weighted by Gasteiger charge is -2.05. The van der Waals surface area contributed by atoms with Crippen LogP contribution in [0.25, 0.3) is 23.5 Å². The predicted octanol–water partition coefficient (Wildman–Crippen LogP) is 3.98. The number of anilines is 1. The summed E-state index contributed by atoms with van der Waals surface area (Å²) in [7, 11) is -3.29. The van der Waals surface area contributed by atoms with E-state index in [9.17, 15) is 8.42 Å². The van der Waals surface area contributed by atoms with Gasteiger partial charge in [0.1, 0.15) is 0 Å². The second kappa shape index (κ2) is 7.53. The Balaban J connectivity index is 1.72. The fourth-order valence-corrected chi connectivity index (χ4v) is 2.84. The van der Waals surface area contributed by atoms with E-state index in [1.807, 2.05) is 37.3 Å². The lowest BCUT2D eigenvalue weighted by Crippen LogP contribution is -2.14. The average molecular weight is 369 g/mol. The van der Waals surface area contributed by atoms with Gasteiger partial charge in [-0.3, -0.25) is 4.72 Å². The van der Waals surface area contributed by atoms with Gasteiger partial charge in [0.2, 0.25) is 15.8 Å². The molecular weight excluding hydrogens is 350 g/mol. The Hall–Kier alpha value is -2.93. The van der Waals surface area contributed by atoms with Crippen LogP contribution in [0.1, 0.15) is 23.9 Å². The summed E-state index contributed by atoms with van der Waals surface area (Å²) in [5.41, 5.74) is 3.48. The van der Waals surface area contributed by atoms with E-state index in [1.54, 1.807) is 37.3 Å². The maximum Gasteiger partial charge on any atom is 0.250 e. The van der Waals surface area contributed by atoms with Gasteiger partial charge in [-0.1, -0.05) is 35.0 Å². The van der Waals surface area contributed by atoms with E-state index in [-0.39, 0.29) is 5.75 Å². The molecule has 134 valence electrons. The molecule has 6 nitrogen and oxygen atoms in total. The molecule has 0 saturated heterocycles. The van der Waals surface area contributed by atoms with Gasteiger partial charge in [-0.05, 0) is 49.8 Å². The monoisotopic (exact) mass is 369 g/mol. The van der Waals surface area contributed by atoms with Crippen molar-refractivity contribution in [3.05, 3.63) is 65.5 Å². The molecule has 0 bridgehead atoms. The minimum Gasteiger partial charge on any atom is -0.334 e. The van der Waals surface area contributed by atoms with E-state index in [2.05, 4.69) is 14.9 Å². The van der Waals surface area contributed by atoms with Gasteiger partial charge in [0.05, 0.1) is 5.75 Å². The molecule has 0 spiro atoms. The van der Waals surface area contributed by atoms with Crippen LogP contribution in [-0.4, -0.2) is 24.3 Å². The SMILES string of the molecule is CCS(=O)(=O)Nc1ccc(-c2noc(/C=C/c3ccc(C)cc3)n2)cc1. The quantitative estimate of drug-likeness (QED) is 0.710. The highest BCUT2D eigenvalue weighted by molar-refractivity contribution is 7.92. The molecule has 3 rings (SSSR count).